The van der Waals surface area contributed by atoms with Crippen LogP contribution in [-0.4, -0.2) is 41.2 Å². The quantitative estimate of drug-likeness (QED) is 0.652. The second kappa shape index (κ2) is 7.72. The number of benzene rings is 2. The molecule has 0 bridgehead atoms. The molecule has 0 spiro atoms. The molecule has 140 valence electrons. The van der Waals surface area contributed by atoms with Crippen LogP contribution in [-0.2, 0) is 4.79 Å². The van der Waals surface area contributed by atoms with E-state index >= 15 is 0 Å². The molecule has 1 atom stereocenters. The molecule has 3 aromatic rings. The maximum atomic E-state index is 13.0. The molecule has 0 fully saturated rings. The Hall–Kier alpha value is -2.99. The van der Waals surface area contributed by atoms with Gasteiger partial charge in [-0.05, 0) is 51.2 Å². The van der Waals surface area contributed by atoms with Crippen molar-refractivity contribution in [2.24, 2.45) is 0 Å². The van der Waals surface area contributed by atoms with Gasteiger partial charge in [0.2, 0.25) is 5.91 Å². The molecular weight excluding hydrogens is 345 g/mol. The summed E-state index contributed by atoms with van der Waals surface area (Å²) in [5.41, 5.74) is 2.91. The molecule has 0 aliphatic heterocycles. The monoisotopic (exact) mass is 367 g/mol. The lowest BCUT2D eigenvalue weighted by Gasteiger charge is -2.23. The van der Waals surface area contributed by atoms with Crippen LogP contribution in [0.4, 0.5) is 10.1 Å². The van der Waals surface area contributed by atoms with E-state index in [1.807, 2.05) is 31.2 Å². The minimum Gasteiger partial charge on any atom is -0.358 e. The number of amides is 1. The number of aromatic nitrogens is 1. The van der Waals surface area contributed by atoms with E-state index in [1.165, 1.54) is 24.3 Å². The number of carbonyl (C=O) groups excluding carboxylic acids is 2. The molecular formula is C21H22FN3O2. The minimum atomic E-state index is -0.470. The summed E-state index contributed by atoms with van der Waals surface area (Å²) in [6.45, 7) is 3.71. The Morgan fingerprint density at radius 2 is 1.81 bits per heavy atom. The lowest BCUT2D eigenvalue weighted by atomic mass is 10.0. The number of rotatable bonds is 6. The normalized spacial score (nSPS) is 12.3. The van der Waals surface area contributed by atoms with Gasteiger partial charge in [-0.15, -0.1) is 0 Å². The van der Waals surface area contributed by atoms with Crippen LogP contribution in [0.1, 0.15) is 23.0 Å². The zero-order valence-corrected chi connectivity index (χ0v) is 15.5. The van der Waals surface area contributed by atoms with Crippen molar-refractivity contribution in [3.8, 4) is 0 Å². The number of halogens is 1. The van der Waals surface area contributed by atoms with Gasteiger partial charge in [-0.1, -0.05) is 18.2 Å². The van der Waals surface area contributed by atoms with E-state index in [0.29, 0.717) is 11.3 Å². The Balaban J connectivity index is 1.69. The Morgan fingerprint density at radius 1 is 1.15 bits per heavy atom. The van der Waals surface area contributed by atoms with E-state index < -0.39 is 6.04 Å². The molecule has 0 aliphatic rings. The van der Waals surface area contributed by atoms with Crippen molar-refractivity contribution in [1.82, 2.24) is 9.88 Å². The van der Waals surface area contributed by atoms with Crippen LogP contribution in [0.2, 0.25) is 0 Å². The standard InChI is InChI=1S/C21H22FN3O2/c1-13-20(17-6-4-5-7-18(17)23-13)21(27)14(2)25(3)12-19(26)24-16-10-8-15(22)9-11-16/h4-11,14,23H,12H2,1-3H3,(H,24,26)/t14-/m0/s1. The number of fused-ring (bicyclic) bond motifs is 1. The van der Waals surface area contributed by atoms with Crippen LogP contribution in [0.25, 0.3) is 10.9 Å². The van der Waals surface area contributed by atoms with Gasteiger partial charge in [-0.25, -0.2) is 4.39 Å². The Bertz CT molecular complexity index is 979. The first kappa shape index (κ1) is 18.8. The molecule has 0 saturated heterocycles. The molecule has 3 rings (SSSR count). The summed E-state index contributed by atoms with van der Waals surface area (Å²) in [7, 11) is 1.73. The van der Waals surface area contributed by atoms with E-state index in [4.69, 9.17) is 0 Å². The van der Waals surface area contributed by atoms with Crippen LogP contribution in [0.5, 0.6) is 0 Å². The molecule has 6 heteroatoms. The SMILES string of the molecule is Cc1[nH]c2ccccc2c1C(=O)[C@H](C)N(C)CC(=O)Nc1ccc(F)cc1. The zero-order chi connectivity index (χ0) is 19.6. The van der Waals surface area contributed by atoms with Gasteiger partial charge < -0.3 is 10.3 Å². The van der Waals surface area contributed by atoms with Gasteiger partial charge in [0.15, 0.2) is 5.78 Å². The number of hydrogen-bond acceptors (Lipinski definition) is 3. The van der Waals surface area contributed by atoms with Gasteiger partial charge in [0, 0.05) is 27.8 Å². The third-order valence-electron chi connectivity index (χ3n) is 4.70. The topological polar surface area (TPSA) is 65.2 Å². The molecule has 0 radical (unpaired) electrons. The second-order valence-corrected chi connectivity index (χ2v) is 6.68. The smallest absolute Gasteiger partial charge is 0.238 e. The average molecular weight is 367 g/mol. The van der Waals surface area contributed by atoms with E-state index in [9.17, 15) is 14.0 Å². The maximum absolute atomic E-state index is 13.0. The highest BCUT2D eigenvalue weighted by Gasteiger charge is 2.25. The van der Waals surface area contributed by atoms with Crippen molar-refractivity contribution in [3.05, 3.63) is 65.6 Å². The predicted molar refractivity (Wildman–Crippen MR) is 104 cm³/mol. The van der Waals surface area contributed by atoms with E-state index in [1.54, 1.807) is 18.9 Å². The summed E-state index contributed by atoms with van der Waals surface area (Å²) in [5.74, 6) is -0.667. The number of hydrogen-bond donors (Lipinski definition) is 2. The van der Waals surface area contributed by atoms with Crippen molar-refractivity contribution in [1.29, 1.82) is 0 Å². The number of nitrogens with one attached hydrogen (secondary N) is 2. The summed E-state index contributed by atoms with van der Waals surface area (Å²) in [4.78, 5) is 30.2. The summed E-state index contributed by atoms with van der Waals surface area (Å²) in [6, 6.07) is 12.8. The number of ketones is 1. The van der Waals surface area contributed by atoms with Gasteiger partial charge >= 0.3 is 0 Å². The molecule has 2 aromatic carbocycles. The summed E-state index contributed by atoms with van der Waals surface area (Å²) < 4.78 is 12.9. The van der Waals surface area contributed by atoms with Gasteiger partial charge in [0.1, 0.15) is 5.82 Å². The molecule has 0 aliphatic carbocycles. The first-order chi connectivity index (χ1) is 12.9. The highest BCUT2D eigenvalue weighted by atomic mass is 19.1. The van der Waals surface area contributed by atoms with Crippen LogP contribution >= 0.6 is 0 Å². The number of anilines is 1. The number of likely N-dealkylation sites (N-methyl/N-ethyl adjacent to an activating group) is 1. The predicted octanol–water partition coefficient (Wildman–Crippen LogP) is 3.76. The fourth-order valence-electron chi connectivity index (χ4n) is 3.10. The highest BCUT2D eigenvalue weighted by molar-refractivity contribution is 6.11. The Labute approximate surface area is 157 Å². The maximum Gasteiger partial charge on any atom is 0.238 e. The molecule has 0 saturated carbocycles. The van der Waals surface area contributed by atoms with Gasteiger partial charge in [0.25, 0.3) is 0 Å². The first-order valence-corrected chi connectivity index (χ1v) is 8.74. The number of H-pyrrole nitrogens is 1. The Morgan fingerprint density at radius 3 is 2.52 bits per heavy atom. The summed E-state index contributed by atoms with van der Waals surface area (Å²) >= 11 is 0. The second-order valence-electron chi connectivity index (χ2n) is 6.68. The van der Waals surface area contributed by atoms with Crippen molar-refractivity contribution in [2.75, 3.05) is 18.9 Å². The van der Waals surface area contributed by atoms with Crippen LogP contribution in [0.15, 0.2) is 48.5 Å². The van der Waals surface area contributed by atoms with Crippen LogP contribution < -0.4 is 5.32 Å². The zero-order valence-electron chi connectivity index (χ0n) is 15.5. The van der Waals surface area contributed by atoms with E-state index in [0.717, 1.165) is 16.6 Å². The molecule has 1 amide bonds. The fourth-order valence-corrected chi connectivity index (χ4v) is 3.10. The third-order valence-corrected chi connectivity index (χ3v) is 4.70. The average Bonchev–Trinajstić information content (AvgIpc) is 2.98. The number of para-hydroxylation sites is 1. The third kappa shape index (κ3) is 4.06. The molecule has 0 unspecified atom stereocenters. The number of aromatic amines is 1. The van der Waals surface area contributed by atoms with Crippen molar-refractivity contribution < 1.29 is 14.0 Å². The molecule has 1 heterocycles. The number of carbonyl (C=O) groups is 2. The Kier molecular flexibility index (Phi) is 5.37. The van der Waals surface area contributed by atoms with E-state index in [-0.39, 0.29) is 24.1 Å². The number of nitrogens with zero attached hydrogens (tertiary/aromatic N) is 1. The molecule has 1 aromatic heterocycles. The summed E-state index contributed by atoms with van der Waals surface area (Å²) in [6.07, 6.45) is 0. The fraction of sp³-hybridized carbons (Fsp3) is 0.238. The summed E-state index contributed by atoms with van der Waals surface area (Å²) in [5, 5.41) is 3.59. The van der Waals surface area contributed by atoms with Crippen molar-refractivity contribution in [2.45, 2.75) is 19.9 Å². The number of aryl methyl sites for hydroxylation is 1. The van der Waals surface area contributed by atoms with Gasteiger partial charge in [0.05, 0.1) is 12.6 Å². The lowest BCUT2D eigenvalue weighted by Crippen LogP contribution is -2.41. The first-order valence-electron chi connectivity index (χ1n) is 8.74. The van der Waals surface area contributed by atoms with E-state index in [2.05, 4.69) is 10.3 Å². The number of Topliss-reactive ketones (excluding diaryl/α,β-unsaturated/α-hetero) is 1. The van der Waals surface area contributed by atoms with Crippen molar-refractivity contribution in [3.63, 3.8) is 0 Å². The largest absolute Gasteiger partial charge is 0.358 e. The highest BCUT2D eigenvalue weighted by Crippen LogP contribution is 2.24. The van der Waals surface area contributed by atoms with Crippen LogP contribution in [0.3, 0.4) is 0 Å². The van der Waals surface area contributed by atoms with Gasteiger partial charge in [-0.3, -0.25) is 14.5 Å². The lowest BCUT2D eigenvalue weighted by molar-refractivity contribution is -0.117. The van der Waals surface area contributed by atoms with Crippen LogP contribution in [0, 0.1) is 12.7 Å². The molecule has 2 N–H and O–H groups in total. The van der Waals surface area contributed by atoms with Gasteiger partial charge in [-0.2, -0.15) is 0 Å². The molecule has 27 heavy (non-hydrogen) atoms. The minimum absolute atomic E-state index is 0.0398. The van der Waals surface area contributed by atoms with Crippen molar-refractivity contribution >= 4 is 28.3 Å². The molecule has 5 nitrogen and oxygen atoms in total.